The van der Waals surface area contributed by atoms with Gasteiger partial charge in [-0.1, -0.05) is 19.1 Å². The zero-order valence-corrected chi connectivity index (χ0v) is 11.6. The molecule has 0 bridgehead atoms. The van der Waals surface area contributed by atoms with E-state index in [9.17, 15) is 8.42 Å². The van der Waals surface area contributed by atoms with Gasteiger partial charge in [0.1, 0.15) is 9.84 Å². The van der Waals surface area contributed by atoms with Gasteiger partial charge in [0, 0.05) is 10.6 Å². The molecule has 96 valence electrons. The molecule has 1 rings (SSSR count). The van der Waals surface area contributed by atoms with Crippen LogP contribution in [0.2, 0.25) is 0 Å². The molecule has 17 heavy (non-hydrogen) atoms. The van der Waals surface area contributed by atoms with Gasteiger partial charge in [-0.2, -0.15) is 0 Å². The van der Waals surface area contributed by atoms with Gasteiger partial charge in [-0.15, -0.1) is 11.8 Å². The largest absolute Gasteiger partial charge is 0.392 e. The highest BCUT2D eigenvalue weighted by Gasteiger charge is 2.06. The van der Waals surface area contributed by atoms with Crippen LogP contribution in [0.1, 0.15) is 18.9 Å². The molecule has 0 atom stereocenters. The number of hydrogen-bond donors (Lipinski definition) is 1. The molecule has 1 aromatic rings. The minimum Gasteiger partial charge on any atom is -0.392 e. The van der Waals surface area contributed by atoms with Crippen molar-refractivity contribution in [2.75, 3.05) is 17.3 Å². The van der Waals surface area contributed by atoms with Crippen molar-refractivity contribution in [2.24, 2.45) is 0 Å². The number of hydrogen-bond acceptors (Lipinski definition) is 4. The quantitative estimate of drug-likeness (QED) is 0.611. The summed E-state index contributed by atoms with van der Waals surface area (Å²) in [7, 11) is -2.83. The lowest BCUT2D eigenvalue weighted by Gasteiger charge is -2.03. The van der Waals surface area contributed by atoms with Crippen molar-refractivity contribution < 1.29 is 13.5 Å². The minimum atomic E-state index is -2.83. The van der Waals surface area contributed by atoms with Gasteiger partial charge in [-0.25, -0.2) is 8.42 Å². The van der Waals surface area contributed by atoms with E-state index in [2.05, 4.69) is 0 Å². The summed E-state index contributed by atoms with van der Waals surface area (Å²) in [4.78, 5) is 1.11. The van der Waals surface area contributed by atoms with Crippen LogP contribution in [0.4, 0.5) is 0 Å². The molecule has 0 heterocycles. The Hall–Kier alpha value is -0.520. The highest BCUT2D eigenvalue weighted by atomic mass is 32.2. The third kappa shape index (κ3) is 5.57. The van der Waals surface area contributed by atoms with Crippen LogP contribution < -0.4 is 0 Å². The lowest BCUT2D eigenvalue weighted by molar-refractivity contribution is 0.282. The van der Waals surface area contributed by atoms with Gasteiger partial charge in [0.15, 0.2) is 0 Å². The molecule has 0 radical (unpaired) electrons. The van der Waals surface area contributed by atoms with Crippen molar-refractivity contribution in [2.45, 2.75) is 24.8 Å². The van der Waals surface area contributed by atoms with Gasteiger partial charge < -0.3 is 5.11 Å². The number of rotatable bonds is 7. The van der Waals surface area contributed by atoms with Crippen LogP contribution in [0.3, 0.4) is 0 Å². The van der Waals surface area contributed by atoms with E-state index in [4.69, 9.17) is 5.11 Å². The molecule has 3 nitrogen and oxygen atoms in total. The molecule has 0 aromatic heterocycles. The van der Waals surface area contributed by atoms with Crippen molar-refractivity contribution in [1.29, 1.82) is 0 Å². The van der Waals surface area contributed by atoms with Gasteiger partial charge in [0.25, 0.3) is 0 Å². The van der Waals surface area contributed by atoms with E-state index in [1.807, 2.05) is 24.3 Å². The SMILES string of the molecule is CCS(=O)(=O)CCCSc1ccc(CO)cc1. The molecule has 0 unspecified atom stereocenters. The topological polar surface area (TPSA) is 54.4 Å². The Morgan fingerprint density at radius 2 is 1.88 bits per heavy atom. The second-order valence-electron chi connectivity index (χ2n) is 3.74. The number of benzene rings is 1. The first-order valence-corrected chi connectivity index (χ1v) is 8.41. The highest BCUT2D eigenvalue weighted by Crippen LogP contribution is 2.19. The maximum Gasteiger partial charge on any atom is 0.150 e. The average molecular weight is 274 g/mol. The van der Waals surface area contributed by atoms with Crippen LogP contribution >= 0.6 is 11.8 Å². The number of aliphatic hydroxyl groups excluding tert-OH is 1. The number of sulfone groups is 1. The fraction of sp³-hybridized carbons (Fsp3) is 0.500. The van der Waals surface area contributed by atoms with Crippen molar-refractivity contribution in [3.8, 4) is 0 Å². The predicted octanol–water partition coefficient (Wildman–Crippen LogP) is 2.10. The molecular weight excluding hydrogens is 256 g/mol. The molecule has 0 aliphatic carbocycles. The molecule has 0 spiro atoms. The highest BCUT2D eigenvalue weighted by molar-refractivity contribution is 7.99. The first kappa shape index (κ1) is 14.5. The summed E-state index contributed by atoms with van der Waals surface area (Å²) in [6.45, 7) is 1.73. The normalized spacial score (nSPS) is 11.6. The molecule has 0 fully saturated rings. The van der Waals surface area contributed by atoms with Gasteiger partial charge in [-0.3, -0.25) is 0 Å². The lowest BCUT2D eigenvalue weighted by atomic mass is 10.2. The molecular formula is C12H18O3S2. The Kier molecular flexibility index (Phi) is 6.02. The van der Waals surface area contributed by atoms with E-state index in [1.54, 1.807) is 18.7 Å². The molecule has 0 aliphatic heterocycles. The fourth-order valence-electron chi connectivity index (χ4n) is 1.30. The van der Waals surface area contributed by atoms with Crippen molar-refractivity contribution in [3.05, 3.63) is 29.8 Å². The molecule has 0 saturated heterocycles. The van der Waals surface area contributed by atoms with Crippen LogP contribution in [0.15, 0.2) is 29.2 Å². The Labute approximate surface area is 107 Å². The zero-order valence-electron chi connectivity index (χ0n) is 9.93. The third-order valence-corrected chi connectivity index (χ3v) is 5.30. The van der Waals surface area contributed by atoms with Crippen molar-refractivity contribution in [1.82, 2.24) is 0 Å². The van der Waals surface area contributed by atoms with Gasteiger partial charge in [-0.05, 0) is 29.9 Å². The molecule has 0 aliphatic rings. The Morgan fingerprint density at radius 3 is 2.41 bits per heavy atom. The summed E-state index contributed by atoms with van der Waals surface area (Å²) in [5.74, 6) is 1.30. The van der Waals surface area contributed by atoms with Crippen LogP contribution in [-0.4, -0.2) is 30.8 Å². The van der Waals surface area contributed by atoms with Gasteiger partial charge in [0.2, 0.25) is 0 Å². The summed E-state index contributed by atoms with van der Waals surface area (Å²) in [6.07, 6.45) is 0.683. The summed E-state index contributed by atoms with van der Waals surface area (Å²) in [5.41, 5.74) is 0.892. The summed E-state index contributed by atoms with van der Waals surface area (Å²) >= 11 is 1.64. The van der Waals surface area contributed by atoms with Gasteiger partial charge >= 0.3 is 0 Å². The van der Waals surface area contributed by atoms with E-state index in [0.717, 1.165) is 16.2 Å². The maximum atomic E-state index is 11.3. The number of aliphatic hydroxyl groups is 1. The molecule has 0 amide bonds. The van der Waals surface area contributed by atoms with E-state index >= 15 is 0 Å². The van der Waals surface area contributed by atoms with E-state index in [1.165, 1.54) is 0 Å². The average Bonchev–Trinajstić information content (AvgIpc) is 2.35. The first-order chi connectivity index (χ1) is 8.07. The standard InChI is InChI=1S/C12H18O3S2/c1-2-17(14,15)9-3-8-16-12-6-4-11(10-13)5-7-12/h4-7,13H,2-3,8-10H2,1H3. The van der Waals surface area contributed by atoms with Crippen LogP contribution in [-0.2, 0) is 16.4 Å². The summed E-state index contributed by atoms with van der Waals surface area (Å²) < 4.78 is 22.5. The Morgan fingerprint density at radius 1 is 1.24 bits per heavy atom. The Balaban J connectivity index is 2.31. The first-order valence-electron chi connectivity index (χ1n) is 5.60. The molecule has 1 aromatic carbocycles. The monoisotopic (exact) mass is 274 g/mol. The molecule has 5 heteroatoms. The van der Waals surface area contributed by atoms with Crippen LogP contribution in [0.5, 0.6) is 0 Å². The predicted molar refractivity (Wildman–Crippen MR) is 72.0 cm³/mol. The number of thioether (sulfide) groups is 1. The third-order valence-electron chi connectivity index (χ3n) is 2.41. The van der Waals surface area contributed by atoms with Crippen LogP contribution in [0, 0.1) is 0 Å². The minimum absolute atomic E-state index is 0.0552. The lowest BCUT2D eigenvalue weighted by Crippen LogP contribution is -2.09. The summed E-state index contributed by atoms with van der Waals surface area (Å²) in [5, 5.41) is 8.89. The summed E-state index contributed by atoms with van der Waals surface area (Å²) in [6, 6.07) is 7.66. The molecule has 1 N–H and O–H groups in total. The fourth-order valence-corrected chi connectivity index (χ4v) is 3.21. The van der Waals surface area contributed by atoms with Crippen LogP contribution in [0.25, 0.3) is 0 Å². The van der Waals surface area contributed by atoms with Crippen molar-refractivity contribution >= 4 is 21.6 Å². The van der Waals surface area contributed by atoms with Gasteiger partial charge in [0.05, 0.1) is 12.4 Å². The smallest absolute Gasteiger partial charge is 0.150 e. The maximum absolute atomic E-state index is 11.3. The van der Waals surface area contributed by atoms with E-state index < -0.39 is 9.84 Å². The second-order valence-corrected chi connectivity index (χ2v) is 7.38. The second kappa shape index (κ2) is 7.03. The van der Waals surface area contributed by atoms with E-state index in [-0.39, 0.29) is 18.1 Å². The van der Waals surface area contributed by atoms with E-state index in [0.29, 0.717) is 6.42 Å². The Bertz CT molecular complexity index is 424. The molecule has 0 saturated carbocycles. The van der Waals surface area contributed by atoms with Crippen molar-refractivity contribution in [3.63, 3.8) is 0 Å². The zero-order chi connectivity index (χ0) is 12.7.